The molecule has 2 heterocycles. The van der Waals surface area contributed by atoms with Crippen LogP contribution < -0.4 is 0 Å². The van der Waals surface area contributed by atoms with Crippen LogP contribution in [-0.2, 0) is 6.54 Å². The molecule has 1 aromatic carbocycles. The third-order valence-corrected chi connectivity index (χ3v) is 4.52. The van der Waals surface area contributed by atoms with E-state index in [1.165, 1.54) is 10.6 Å². The monoisotopic (exact) mass is 273 g/mol. The van der Waals surface area contributed by atoms with Gasteiger partial charge in [-0.1, -0.05) is 30.3 Å². The maximum Gasteiger partial charge on any atom is 0.107 e. The fourth-order valence-electron chi connectivity index (χ4n) is 2.63. The van der Waals surface area contributed by atoms with Crippen molar-refractivity contribution in [2.24, 2.45) is 0 Å². The number of hydrogen-bond acceptors (Lipinski definition) is 4. The first-order valence-electron chi connectivity index (χ1n) is 6.69. The van der Waals surface area contributed by atoms with Gasteiger partial charge in [0.2, 0.25) is 0 Å². The maximum atomic E-state index is 4.39. The average molecular weight is 273 g/mol. The van der Waals surface area contributed by atoms with Crippen LogP contribution in [0.5, 0.6) is 0 Å². The topological polar surface area (TPSA) is 19.4 Å². The summed E-state index contributed by atoms with van der Waals surface area (Å²) in [5.74, 6) is 0. The van der Waals surface area contributed by atoms with Gasteiger partial charge in [-0.2, -0.15) is 0 Å². The van der Waals surface area contributed by atoms with E-state index in [0.29, 0.717) is 6.04 Å². The van der Waals surface area contributed by atoms with Crippen molar-refractivity contribution in [2.75, 3.05) is 26.7 Å². The van der Waals surface area contributed by atoms with Gasteiger partial charge in [-0.3, -0.25) is 9.80 Å². The van der Waals surface area contributed by atoms with Gasteiger partial charge in [0.1, 0.15) is 5.01 Å². The van der Waals surface area contributed by atoms with Gasteiger partial charge in [0, 0.05) is 37.3 Å². The van der Waals surface area contributed by atoms with Gasteiger partial charge in [0.25, 0.3) is 0 Å². The SMILES string of the molecule is CN1CCN(Cc2nccs2)C[C@H]1c1ccccc1. The summed E-state index contributed by atoms with van der Waals surface area (Å²) in [7, 11) is 2.22. The minimum atomic E-state index is 0.495. The number of hydrogen-bond donors (Lipinski definition) is 0. The summed E-state index contributed by atoms with van der Waals surface area (Å²) in [5.41, 5.74) is 1.41. The van der Waals surface area contributed by atoms with E-state index in [-0.39, 0.29) is 0 Å². The summed E-state index contributed by atoms with van der Waals surface area (Å²) in [6, 6.07) is 11.3. The standard InChI is InChI=1S/C15H19N3S/c1-17-8-9-18(12-15-16-7-10-19-15)11-14(17)13-5-3-2-4-6-13/h2-7,10,14H,8-9,11-12H2,1H3/t14-/m0/s1. The molecule has 100 valence electrons. The molecular weight excluding hydrogens is 254 g/mol. The maximum absolute atomic E-state index is 4.39. The molecule has 1 atom stereocenters. The van der Waals surface area contributed by atoms with E-state index in [9.17, 15) is 0 Å². The van der Waals surface area contributed by atoms with Gasteiger partial charge in [-0.05, 0) is 12.6 Å². The van der Waals surface area contributed by atoms with Crippen LogP contribution in [0.3, 0.4) is 0 Å². The molecular formula is C15H19N3S. The van der Waals surface area contributed by atoms with Gasteiger partial charge < -0.3 is 0 Å². The van der Waals surface area contributed by atoms with Crippen molar-refractivity contribution in [3.05, 3.63) is 52.5 Å². The van der Waals surface area contributed by atoms with Gasteiger partial charge in [0.05, 0.1) is 6.54 Å². The summed E-state index contributed by atoms with van der Waals surface area (Å²) in [6.07, 6.45) is 1.89. The highest BCUT2D eigenvalue weighted by Gasteiger charge is 2.25. The Hall–Kier alpha value is -1.23. The predicted molar refractivity (Wildman–Crippen MR) is 79.2 cm³/mol. The van der Waals surface area contributed by atoms with Crippen LogP contribution in [0.15, 0.2) is 41.9 Å². The number of nitrogens with zero attached hydrogens (tertiary/aromatic N) is 3. The molecule has 19 heavy (non-hydrogen) atoms. The molecule has 0 radical (unpaired) electrons. The molecule has 0 unspecified atom stereocenters. The van der Waals surface area contributed by atoms with E-state index >= 15 is 0 Å². The third-order valence-electron chi connectivity index (χ3n) is 3.76. The lowest BCUT2D eigenvalue weighted by molar-refractivity contribution is 0.0904. The van der Waals surface area contributed by atoms with Crippen molar-refractivity contribution in [2.45, 2.75) is 12.6 Å². The van der Waals surface area contributed by atoms with Crippen molar-refractivity contribution in [3.63, 3.8) is 0 Å². The Morgan fingerprint density at radius 1 is 1.26 bits per heavy atom. The van der Waals surface area contributed by atoms with Crippen LogP contribution in [0.2, 0.25) is 0 Å². The largest absolute Gasteiger partial charge is 0.297 e. The summed E-state index contributed by atoms with van der Waals surface area (Å²) in [4.78, 5) is 9.35. The molecule has 0 N–H and O–H groups in total. The summed E-state index contributed by atoms with van der Waals surface area (Å²) < 4.78 is 0. The van der Waals surface area contributed by atoms with Gasteiger partial charge in [-0.15, -0.1) is 11.3 Å². The second kappa shape index (κ2) is 5.82. The molecule has 1 aliphatic heterocycles. The van der Waals surface area contributed by atoms with E-state index in [4.69, 9.17) is 0 Å². The molecule has 1 aromatic heterocycles. The zero-order valence-electron chi connectivity index (χ0n) is 11.2. The van der Waals surface area contributed by atoms with Gasteiger partial charge >= 0.3 is 0 Å². The lowest BCUT2D eigenvalue weighted by Crippen LogP contribution is -2.46. The number of likely N-dealkylation sites (N-methyl/N-ethyl adjacent to an activating group) is 1. The van der Waals surface area contributed by atoms with E-state index in [1.807, 2.05) is 6.20 Å². The highest BCUT2D eigenvalue weighted by Crippen LogP contribution is 2.24. The normalized spacial score (nSPS) is 21.6. The van der Waals surface area contributed by atoms with Crippen molar-refractivity contribution in [3.8, 4) is 0 Å². The Morgan fingerprint density at radius 3 is 2.84 bits per heavy atom. The highest BCUT2D eigenvalue weighted by atomic mass is 32.1. The van der Waals surface area contributed by atoms with Crippen molar-refractivity contribution in [1.82, 2.24) is 14.8 Å². The van der Waals surface area contributed by atoms with Crippen molar-refractivity contribution < 1.29 is 0 Å². The first-order chi connectivity index (χ1) is 9.33. The van der Waals surface area contributed by atoms with Crippen LogP contribution in [0.25, 0.3) is 0 Å². The van der Waals surface area contributed by atoms with Crippen LogP contribution in [0.1, 0.15) is 16.6 Å². The van der Waals surface area contributed by atoms with Crippen LogP contribution in [0, 0.1) is 0 Å². The summed E-state index contributed by atoms with van der Waals surface area (Å²) in [5, 5.41) is 3.27. The zero-order valence-corrected chi connectivity index (χ0v) is 12.0. The molecule has 0 bridgehead atoms. The fraction of sp³-hybridized carbons (Fsp3) is 0.400. The molecule has 2 aromatic rings. The minimum Gasteiger partial charge on any atom is -0.297 e. The first kappa shape index (κ1) is 12.8. The fourth-order valence-corrected chi connectivity index (χ4v) is 3.29. The Morgan fingerprint density at radius 2 is 2.11 bits per heavy atom. The Kier molecular flexibility index (Phi) is 3.92. The van der Waals surface area contributed by atoms with Gasteiger partial charge in [-0.25, -0.2) is 4.98 Å². The van der Waals surface area contributed by atoms with Crippen LogP contribution >= 0.6 is 11.3 Å². The summed E-state index contributed by atoms with van der Waals surface area (Å²) >= 11 is 1.75. The smallest absolute Gasteiger partial charge is 0.107 e. The molecule has 0 saturated carbocycles. The Labute approximate surface area is 118 Å². The molecule has 1 aliphatic rings. The molecule has 1 saturated heterocycles. The molecule has 4 heteroatoms. The first-order valence-corrected chi connectivity index (χ1v) is 7.57. The molecule has 3 rings (SSSR count). The quantitative estimate of drug-likeness (QED) is 0.857. The zero-order chi connectivity index (χ0) is 13.1. The minimum absolute atomic E-state index is 0.495. The molecule has 3 nitrogen and oxygen atoms in total. The van der Waals surface area contributed by atoms with Crippen molar-refractivity contribution in [1.29, 1.82) is 0 Å². The molecule has 1 fully saturated rings. The average Bonchev–Trinajstić information content (AvgIpc) is 2.95. The number of benzene rings is 1. The van der Waals surface area contributed by atoms with Gasteiger partial charge in [0.15, 0.2) is 0 Å². The number of rotatable bonds is 3. The van der Waals surface area contributed by atoms with E-state index in [1.54, 1.807) is 11.3 Å². The van der Waals surface area contributed by atoms with E-state index in [2.05, 4.69) is 57.5 Å². The lowest BCUT2D eigenvalue weighted by atomic mass is 10.0. The van der Waals surface area contributed by atoms with E-state index < -0.39 is 0 Å². The van der Waals surface area contributed by atoms with E-state index in [0.717, 1.165) is 26.2 Å². The molecule has 0 spiro atoms. The predicted octanol–water partition coefficient (Wildman–Crippen LogP) is 2.63. The Balaban J connectivity index is 1.70. The number of thiazole rings is 1. The number of aromatic nitrogens is 1. The van der Waals surface area contributed by atoms with Crippen LogP contribution in [-0.4, -0.2) is 41.5 Å². The summed E-state index contributed by atoms with van der Waals surface area (Å²) in [6.45, 7) is 4.30. The number of piperazine rings is 1. The van der Waals surface area contributed by atoms with Crippen LogP contribution in [0.4, 0.5) is 0 Å². The van der Waals surface area contributed by atoms with Crippen molar-refractivity contribution >= 4 is 11.3 Å². The molecule has 0 aliphatic carbocycles. The second-order valence-electron chi connectivity index (χ2n) is 5.07. The molecule has 0 amide bonds. The third kappa shape index (κ3) is 3.03. The Bertz CT molecular complexity index is 497. The second-order valence-corrected chi connectivity index (χ2v) is 6.05. The highest BCUT2D eigenvalue weighted by molar-refractivity contribution is 7.09. The lowest BCUT2D eigenvalue weighted by Gasteiger charge is -2.39.